The number of rotatable bonds is 1. The van der Waals surface area contributed by atoms with Crippen molar-refractivity contribution in [2.75, 3.05) is 0 Å². The Hall–Kier alpha value is -1.10. The Labute approximate surface area is 231 Å². The summed E-state index contributed by atoms with van der Waals surface area (Å²) in [5, 5.41) is 5.30. The van der Waals surface area contributed by atoms with E-state index in [9.17, 15) is 4.79 Å². The number of allylic oxidation sites excluding steroid dienone is 1. The molecule has 3 aromatic carbocycles. The molecule has 2 aliphatic carbocycles. The molecule has 0 aromatic heterocycles. The molecule has 2 aliphatic rings. The molecule has 6 heteroatoms. The Balaban J connectivity index is -0.000000532. The molecule has 1 saturated carbocycles. The predicted octanol–water partition coefficient (Wildman–Crippen LogP) is 1.59. The largest absolute Gasteiger partial charge is 2.00 e. The average molecular weight is 532 g/mol. The van der Waals surface area contributed by atoms with Crippen LogP contribution >= 0.6 is 0 Å². The van der Waals surface area contributed by atoms with Crippen LogP contribution in [0.3, 0.4) is 0 Å². The number of hydrogen-bond acceptors (Lipinski definition) is 1. The monoisotopic (exact) mass is 531 g/mol. The molecule has 1 N–H and O–H groups in total. The molecule has 0 aliphatic heterocycles. The van der Waals surface area contributed by atoms with Gasteiger partial charge in [-0.25, -0.2) is 0 Å². The number of nitrogens with one attached hydrogen (secondary N) is 1. The van der Waals surface area contributed by atoms with Crippen LogP contribution in [-0.4, -0.2) is 16.9 Å². The molecule has 0 bridgehead atoms. The molecule has 0 spiro atoms. The number of carbonyl (C=O) groups excluding carboxylic acids is 1. The molecule has 5 rings (SSSR count). The number of benzene rings is 3. The second kappa shape index (κ2) is 16.5. The molecule has 176 valence electrons. The van der Waals surface area contributed by atoms with Crippen molar-refractivity contribution in [1.82, 2.24) is 0 Å². The van der Waals surface area contributed by atoms with Crippen LogP contribution in [0.1, 0.15) is 56.1 Å². The van der Waals surface area contributed by atoms with E-state index in [1.54, 1.807) is 0 Å². The van der Waals surface area contributed by atoms with Gasteiger partial charge in [-0.1, -0.05) is 73.6 Å². The molecule has 3 aromatic rings. The van der Waals surface area contributed by atoms with E-state index in [-0.39, 0.29) is 84.2 Å². The molecule has 33 heavy (non-hydrogen) atoms. The first-order valence-electron chi connectivity index (χ1n) is 9.95. The van der Waals surface area contributed by atoms with E-state index < -0.39 is 0 Å². The van der Waals surface area contributed by atoms with E-state index in [2.05, 4.69) is 61.5 Å². The number of halogens is 2. The summed E-state index contributed by atoms with van der Waals surface area (Å²) >= 11 is 0. The van der Waals surface area contributed by atoms with E-state index in [1.807, 2.05) is 6.07 Å². The van der Waals surface area contributed by atoms with Crippen molar-refractivity contribution in [2.45, 2.75) is 44.9 Å². The zero-order valence-electron chi connectivity index (χ0n) is 19.6. The fourth-order valence-corrected chi connectivity index (χ4v) is 4.47. The van der Waals surface area contributed by atoms with Crippen LogP contribution in [0.4, 0.5) is 0 Å². The van der Waals surface area contributed by atoms with Gasteiger partial charge in [0.1, 0.15) is 0 Å². The summed E-state index contributed by atoms with van der Waals surface area (Å²) in [4.78, 5) is 10.5. The van der Waals surface area contributed by atoms with Crippen molar-refractivity contribution >= 4 is 44.5 Å². The second-order valence-corrected chi connectivity index (χ2v) is 7.68. The van der Waals surface area contributed by atoms with Gasteiger partial charge in [-0.15, -0.1) is 40.6 Å². The van der Waals surface area contributed by atoms with Crippen molar-refractivity contribution in [3.63, 3.8) is 0 Å². The maximum absolute atomic E-state index is 10.5. The van der Waals surface area contributed by atoms with Gasteiger partial charge < -0.3 is 50.2 Å². The number of hydrogen-bond donors (Lipinski definition) is 0. The van der Waals surface area contributed by atoms with Gasteiger partial charge in [-0.2, -0.15) is 0 Å². The minimum Gasteiger partial charge on any atom is -1.00 e. The first-order chi connectivity index (χ1) is 13.2. The Morgan fingerprint density at radius 3 is 2.09 bits per heavy atom. The smallest absolute Gasteiger partial charge is 1.00 e. The predicted molar refractivity (Wildman–Crippen MR) is 132 cm³/mol. The van der Waals surface area contributed by atoms with Gasteiger partial charge in [0.2, 0.25) is 0 Å². The van der Waals surface area contributed by atoms with Crippen molar-refractivity contribution in [2.24, 2.45) is 5.92 Å². The molecular formula is C27H31Cl2NOSiTi-4. The summed E-state index contributed by atoms with van der Waals surface area (Å²) in [5.41, 5.74) is 9.65. The Kier molecular flexibility index (Phi) is 18.3. The first kappa shape index (κ1) is 36.5. The van der Waals surface area contributed by atoms with Gasteiger partial charge >= 0.3 is 21.7 Å². The van der Waals surface area contributed by atoms with Gasteiger partial charge in [0, 0.05) is 16.9 Å². The van der Waals surface area contributed by atoms with E-state index in [0.717, 1.165) is 25.7 Å². The van der Waals surface area contributed by atoms with Crippen LogP contribution in [0, 0.1) is 26.8 Å². The van der Waals surface area contributed by atoms with Crippen molar-refractivity contribution < 1.29 is 51.3 Å². The third-order valence-corrected chi connectivity index (χ3v) is 5.91. The minimum atomic E-state index is -0.352. The van der Waals surface area contributed by atoms with Crippen LogP contribution in [0.25, 0.3) is 33.4 Å². The molecule has 0 saturated heterocycles. The van der Waals surface area contributed by atoms with Crippen LogP contribution in [0.5, 0.6) is 0 Å². The molecule has 1 unspecified atom stereocenters. The van der Waals surface area contributed by atoms with Gasteiger partial charge in [0.25, 0.3) is 0 Å². The topological polar surface area (TPSA) is 40.9 Å². The van der Waals surface area contributed by atoms with Crippen molar-refractivity contribution in [3.8, 4) is 0 Å². The zero-order valence-corrected chi connectivity index (χ0v) is 23.6. The van der Waals surface area contributed by atoms with Crippen LogP contribution in [-0.2, 0) is 26.5 Å². The summed E-state index contributed by atoms with van der Waals surface area (Å²) in [6, 6.07) is 18.4. The third kappa shape index (κ3) is 7.70. The maximum Gasteiger partial charge on any atom is 2.00 e. The first-order valence-corrected chi connectivity index (χ1v) is 9.95. The third-order valence-electron chi connectivity index (χ3n) is 5.91. The number of fused-ring (bicyclic) bond motifs is 6. The molecule has 1 fully saturated rings. The van der Waals surface area contributed by atoms with Crippen molar-refractivity contribution in [3.05, 3.63) is 86.3 Å². The molecular weight excluding hydrogens is 501 g/mol. The summed E-state index contributed by atoms with van der Waals surface area (Å²) in [6.07, 6.45) is 10.0. The quantitative estimate of drug-likeness (QED) is 0.267. The summed E-state index contributed by atoms with van der Waals surface area (Å²) in [7, 11) is 0. The zero-order chi connectivity index (χ0) is 18.8. The Morgan fingerprint density at radius 1 is 0.939 bits per heavy atom. The Bertz CT molecular complexity index is 1040. The average Bonchev–Trinajstić information content (AvgIpc) is 3.11. The van der Waals surface area contributed by atoms with E-state index >= 15 is 0 Å². The van der Waals surface area contributed by atoms with Gasteiger partial charge in [0.05, 0.1) is 5.91 Å². The van der Waals surface area contributed by atoms with E-state index in [1.165, 1.54) is 39.1 Å². The normalized spacial score (nSPS) is 15.5. The van der Waals surface area contributed by atoms with Gasteiger partial charge in [0.15, 0.2) is 0 Å². The fraction of sp³-hybridized carbons (Fsp3) is 0.296. The summed E-state index contributed by atoms with van der Waals surface area (Å²) in [5.74, 6) is 0.221. The van der Waals surface area contributed by atoms with Crippen LogP contribution in [0.2, 0.25) is 0 Å². The molecule has 4 radical (unpaired) electrons. The maximum atomic E-state index is 10.5. The molecule has 2 nitrogen and oxygen atoms in total. The van der Waals surface area contributed by atoms with Crippen LogP contribution in [0.15, 0.2) is 48.5 Å². The van der Waals surface area contributed by atoms with Gasteiger partial charge in [-0.3, -0.25) is 0 Å². The minimum absolute atomic E-state index is 0. The fourth-order valence-electron chi connectivity index (χ4n) is 4.47. The SMILES string of the molecule is CC1C=Cc2c1c1[c-]cccc1c1ccccc21.[CH3-].[CH3-].[Cl-].[Cl-].[NH-]C(=O)C1CCCCC1.[Si].[Ti+2]. The van der Waals surface area contributed by atoms with Crippen molar-refractivity contribution in [1.29, 1.82) is 0 Å². The summed E-state index contributed by atoms with van der Waals surface area (Å²) < 4.78 is 0. The molecule has 0 heterocycles. The van der Waals surface area contributed by atoms with Gasteiger partial charge in [-0.05, 0) is 24.1 Å². The number of carbonyl (C=O) groups is 1. The Morgan fingerprint density at radius 2 is 1.52 bits per heavy atom. The molecule has 1 amide bonds. The molecule has 1 atom stereocenters. The van der Waals surface area contributed by atoms with E-state index in [0.29, 0.717) is 5.92 Å². The van der Waals surface area contributed by atoms with E-state index in [4.69, 9.17) is 5.73 Å². The summed E-state index contributed by atoms with van der Waals surface area (Å²) in [6.45, 7) is 2.26. The number of amides is 1. The van der Waals surface area contributed by atoms with Crippen LogP contribution < -0.4 is 24.8 Å². The standard InChI is InChI=1S/C18H13.C7H13NO.2CH3.2ClH.Si.Ti/c1-12-10-11-17-15-8-3-2-6-13(15)14-7-4-5-9-16(14)18(12)17;8-7(9)6-4-2-1-3-5-6;;;;;;/h2-8,10-12H,1H3;6H,1-5H2,(H2,8,9);2*1H3;2*1H;;/q-1;;2*-1;;;;+2/p-3. The second-order valence-electron chi connectivity index (χ2n) is 7.68.